The predicted molar refractivity (Wildman–Crippen MR) is 132 cm³/mol. The first-order chi connectivity index (χ1) is 17.5. The normalized spacial score (nSPS) is 11.8. The van der Waals surface area contributed by atoms with Crippen molar-refractivity contribution in [3.05, 3.63) is 84.2 Å². The van der Waals surface area contributed by atoms with Crippen molar-refractivity contribution in [3.8, 4) is 5.75 Å². The van der Waals surface area contributed by atoms with Gasteiger partial charge in [-0.3, -0.25) is 14.5 Å². The lowest BCUT2D eigenvalue weighted by Gasteiger charge is -2.31. The number of anilines is 1. The number of nitrogens with one attached hydrogen (secondary N) is 1. The summed E-state index contributed by atoms with van der Waals surface area (Å²) >= 11 is 0. The van der Waals surface area contributed by atoms with Crippen molar-refractivity contribution in [1.82, 2.24) is 20.3 Å². The van der Waals surface area contributed by atoms with Gasteiger partial charge >= 0.3 is 0 Å². The standard InChI is InChI=1S/C26H26FN5O4/c1-35-16-15-28-26(34)25(18-7-13-21(36-2)14-8-18)32(20-11-9-19(27)10-12-20)24(33)17-31-23-6-4-3-5-22(23)29-30-31/h3-14,25H,15-17H2,1-2H3,(H,28,34)/t25-/m0/s1. The van der Waals surface area contributed by atoms with Gasteiger partial charge in [0.2, 0.25) is 11.8 Å². The summed E-state index contributed by atoms with van der Waals surface area (Å²) in [4.78, 5) is 28.6. The second-order valence-corrected chi connectivity index (χ2v) is 7.94. The van der Waals surface area contributed by atoms with E-state index in [4.69, 9.17) is 9.47 Å². The average Bonchev–Trinajstić information content (AvgIpc) is 3.30. The lowest BCUT2D eigenvalue weighted by Crippen LogP contribution is -2.46. The third kappa shape index (κ3) is 5.49. The quantitative estimate of drug-likeness (QED) is 0.342. The molecule has 9 nitrogen and oxygen atoms in total. The maximum atomic E-state index is 13.8. The first-order valence-corrected chi connectivity index (χ1v) is 11.3. The molecule has 0 fully saturated rings. The van der Waals surface area contributed by atoms with Gasteiger partial charge in [0.15, 0.2) is 0 Å². The van der Waals surface area contributed by atoms with E-state index >= 15 is 0 Å². The average molecular weight is 492 g/mol. The van der Waals surface area contributed by atoms with Crippen LogP contribution in [0.5, 0.6) is 5.75 Å². The number of nitrogens with zero attached hydrogens (tertiary/aromatic N) is 4. The van der Waals surface area contributed by atoms with Crippen LogP contribution in [0.2, 0.25) is 0 Å². The minimum absolute atomic E-state index is 0.185. The number of aromatic nitrogens is 3. The second kappa shape index (κ2) is 11.4. The summed E-state index contributed by atoms with van der Waals surface area (Å²) in [5, 5.41) is 11.0. The van der Waals surface area contributed by atoms with Crippen molar-refractivity contribution in [1.29, 1.82) is 0 Å². The highest BCUT2D eigenvalue weighted by Gasteiger charge is 2.33. The largest absolute Gasteiger partial charge is 0.497 e. The monoisotopic (exact) mass is 491 g/mol. The van der Waals surface area contributed by atoms with E-state index in [0.29, 0.717) is 34.6 Å². The van der Waals surface area contributed by atoms with Gasteiger partial charge in [-0.2, -0.15) is 0 Å². The first-order valence-electron chi connectivity index (χ1n) is 11.3. The number of hydrogen-bond acceptors (Lipinski definition) is 6. The zero-order chi connectivity index (χ0) is 25.5. The van der Waals surface area contributed by atoms with Gasteiger partial charge < -0.3 is 14.8 Å². The Bertz CT molecular complexity index is 1320. The van der Waals surface area contributed by atoms with Crippen LogP contribution in [0.3, 0.4) is 0 Å². The van der Waals surface area contributed by atoms with E-state index in [2.05, 4.69) is 15.6 Å². The molecule has 1 atom stereocenters. The van der Waals surface area contributed by atoms with Crippen molar-refractivity contribution in [2.24, 2.45) is 0 Å². The molecule has 0 aliphatic rings. The van der Waals surface area contributed by atoms with E-state index < -0.39 is 23.7 Å². The number of carbonyl (C=O) groups excluding carboxylic acids is 2. The van der Waals surface area contributed by atoms with Crippen LogP contribution in [-0.4, -0.2) is 54.2 Å². The smallest absolute Gasteiger partial charge is 0.249 e. The highest BCUT2D eigenvalue weighted by molar-refractivity contribution is 6.01. The Hall–Kier alpha value is -4.31. The summed E-state index contributed by atoms with van der Waals surface area (Å²) in [6, 6.07) is 18.5. The summed E-state index contributed by atoms with van der Waals surface area (Å²) in [6.07, 6.45) is 0. The minimum Gasteiger partial charge on any atom is -0.497 e. The Morgan fingerprint density at radius 3 is 2.44 bits per heavy atom. The molecule has 0 saturated heterocycles. The number of para-hydroxylation sites is 1. The fourth-order valence-electron chi connectivity index (χ4n) is 3.85. The molecule has 0 bridgehead atoms. The Morgan fingerprint density at radius 2 is 1.75 bits per heavy atom. The highest BCUT2D eigenvalue weighted by atomic mass is 19.1. The molecular weight excluding hydrogens is 465 g/mol. The minimum atomic E-state index is -1.06. The number of amides is 2. The van der Waals surface area contributed by atoms with Gasteiger partial charge in [0.1, 0.15) is 29.7 Å². The van der Waals surface area contributed by atoms with Crippen LogP contribution in [0, 0.1) is 5.82 Å². The fourth-order valence-corrected chi connectivity index (χ4v) is 3.85. The van der Waals surface area contributed by atoms with Crippen molar-refractivity contribution >= 4 is 28.5 Å². The topological polar surface area (TPSA) is 98.6 Å². The first kappa shape index (κ1) is 24.8. The van der Waals surface area contributed by atoms with E-state index in [0.717, 1.165) is 0 Å². The zero-order valence-corrected chi connectivity index (χ0v) is 19.9. The number of fused-ring (bicyclic) bond motifs is 1. The summed E-state index contributed by atoms with van der Waals surface area (Å²) in [5.74, 6) is -0.705. The van der Waals surface area contributed by atoms with Gasteiger partial charge in [-0.15, -0.1) is 5.10 Å². The van der Waals surface area contributed by atoms with Crippen LogP contribution >= 0.6 is 0 Å². The Balaban J connectivity index is 1.77. The van der Waals surface area contributed by atoms with Crippen molar-refractivity contribution in [2.45, 2.75) is 12.6 Å². The Morgan fingerprint density at radius 1 is 1.03 bits per heavy atom. The third-order valence-corrected chi connectivity index (χ3v) is 5.62. The molecule has 36 heavy (non-hydrogen) atoms. The predicted octanol–water partition coefficient (Wildman–Crippen LogP) is 3.12. The van der Waals surface area contributed by atoms with Gasteiger partial charge in [-0.1, -0.05) is 29.5 Å². The lowest BCUT2D eigenvalue weighted by molar-refractivity contribution is -0.127. The number of methoxy groups -OCH3 is 2. The molecule has 0 aliphatic carbocycles. The summed E-state index contributed by atoms with van der Waals surface area (Å²) in [6.45, 7) is 0.369. The molecule has 0 spiro atoms. The molecule has 0 aliphatic heterocycles. The summed E-state index contributed by atoms with van der Waals surface area (Å²) < 4.78 is 25.5. The van der Waals surface area contributed by atoms with Crippen LogP contribution in [0.4, 0.5) is 10.1 Å². The maximum absolute atomic E-state index is 13.8. The molecule has 1 heterocycles. The SMILES string of the molecule is COCCNC(=O)[C@H](c1ccc(OC)cc1)N(C(=O)Cn1nnc2ccccc21)c1ccc(F)cc1. The number of halogens is 1. The van der Waals surface area contributed by atoms with Gasteiger partial charge in [0.05, 0.1) is 19.2 Å². The van der Waals surface area contributed by atoms with Crippen LogP contribution in [-0.2, 0) is 20.9 Å². The molecule has 3 aromatic carbocycles. The lowest BCUT2D eigenvalue weighted by atomic mass is 10.0. The maximum Gasteiger partial charge on any atom is 0.249 e. The van der Waals surface area contributed by atoms with Crippen molar-refractivity contribution in [3.63, 3.8) is 0 Å². The molecule has 10 heteroatoms. The van der Waals surface area contributed by atoms with Crippen molar-refractivity contribution in [2.75, 3.05) is 32.3 Å². The van der Waals surface area contributed by atoms with E-state index in [9.17, 15) is 14.0 Å². The number of hydrogen-bond donors (Lipinski definition) is 1. The third-order valence-electron chi connectivity index (χ3n) is 5.62. The van der Waals surface area contributed by atoms with E-state index in [1.165, 1.54) is 41.0 Å². The van der Waals surface area contributed by atoms with Crippen LogP contribution < -0.4 is 15.0 Å². The molecule has 0 radical (unpaired) electrons. The summed E-state index contributed by atoms with van der Waals surface area (Å²) in [7, 11) is 3.07. The Labute approximate surface area is 207 Å². The molecule has 0 unspecified atom stereocenters. The number of benzene rings is 3. The van der Waals surface area contributed by atoms with Gasteiger partial charge in [-0.05, 0) is 54.1 Å². The molecule has 1 aromatic heterocycles. The highest BCUT2D eigenvalue weighted by Crippen LogP contribution is 2.30. The zero-order valence-electron chi connectivity index (χ0n) is 19.9. The van der Waals surface area contributed by atoms with Crippen LogP contribution in [0.25, 0.3) is 11.0 Å². The van der Waals surface area contributed by atoms with E-state index in [1.807, 2.05) is 18.2 Å². The second-order valence-electron chi connectivity index (χ2n) is 7.94. The van der Waals surface area contributed by atoms with Crippen LogP contribution in [0.1, 0.15) is 11.6 Å². The number of carbonyl (C=O) groups is 2. The van der Waals surface area contributed by atoms with Crippen molar-refractivity contribution < 1.29 is 23.5 Å². The Kier molecular flexibility index (Phi) is 7.86. The van der Waals surface area contributed by atoms with E-state index in [1.54, 1.807) is 37.4 Å². The molecular formula is C26H26FN5O4. The molecule has 2 amide bonds. The number of ether oxygens (including phenoxy) is 2. The number of rotatable bonds is 10. The molecule has 186 valence electrons. The molecule has 4 rings (SSSR count). The molecule has 1 N–H and O–H groups in total. The van der Waals surface area contributed by atoms with Gasteiger partial charge in [-0.25, -0.2) is 9.07 Å². The summed E-state index contributed by atoms with van der Waals surface area (Å²) in [5.41, 5.74) is 2.22. The van der Waals surface area contributed by atoms with E-state index in [-0.39, 0.29) is 13.1 Å². The fraction of sp³-hybridized carbons (Fsp3) is 0.231. The van der Waals surface area contributed by atoms with Crippen LogP contribution in [0.15, 0.2) is 72.8 Å². The van der Waals surface area contributed by atoms with Gasteiger partial charge in [0, 0.05) is 19.3 Å². The molecule has 0 saturated carbocycles. The van der Waals surface area contributed by atoms with Gasteiger partial charge in [0.25, 0.3) is 0 Å². The molecule has 4 aromatic rings.